The van der Waals surface area contributed by atoms with Gasteiger partial charge in [0.1, 0.15) is 5.75 Å². The van der Waals surface area contributed by atoms with Crippen molar-refractivity contribution >= 4 is 11.3 Å². The summed E-state index contributed by atoms with van der Waals surface area (Å²) in [4.78, 5) is 1.32. The van der Waals surface area contributed by atoms with Gasteiger partial charge in [0.05, 0.1) is 12.6 Å². The highest BCUT2D eigenvalue weighted by molar-refractivity contribution is 7.10. The van der Waals surface area contributed by atoms with E-state index in [-0.39, 0.29) is 6.04 Å². The summed E-state index contributed by atoms with van der Waals surface area (Å²) in [6.45, 7) is 2.70. The molecular weight excluding hydrogens is 230 g/mol. The summed E-state index contributed by atoms with van der Waals surface area (Å²) in [6.07, 6.45) is 0. The van der Waals surface area contributed by atoms with E-state index >= 15 is 0 Å². The second-order valence-corrected chi connectivity index (χ2v) is 4.72. The van der Waals surface area contributed by atoms with Crippen molar-refractivity contribution in [3.8, 4) is 5.75 Å². The fourth-order valence-electron chi connectivity index (χ4n) is 1.88. The van der Waals surface area contributed by atoms with Gasteiger partial charge in [-0.15, -0.1) is 11.3 Å². The number of thiophene rings is 1. The van der Waals surface area contributed by atoms with Gasteiger partial charge in [0.15, 0.2) is 0 Å². The number of benzene rings is 1. The van der Waals surface area contributed by atoms with Gasteiger partial charge in [-0.2, -0.15) is 0 Å². The van der Waals surface area contributed by atoms with Crippen LogP contribution in [0.25, 0.3) is 0 Å². The SMILES string of the molecule is CCOc1cccc(C(NC)c2cccs2)c1. The van der Waals surface area contributed by atoms with Gasteiger partial charge in [0.2, 0.25) is 0 Å². The van der Waals surface area contributed by atoms with Crippen LogP contribution < -0.4 is 10.1 Å². The molecule has 0 fully saturated rings. The van der Waals surface area contributed by atoms with Crippen LogP contribution in [0.4, 0.5) is 0 Å². The van der Waals surface area contributed by atoms with E-state index in [9.17, 15) is 0 Å². The first-order valence-electron chi connectivity index (χ1n) is 5.78. The van der Waals surface area contributed by atoms with Crippen molar-refractivity contribution in [2.24, 2.45) is 0 Å². The molecule has 0 radical (unpaired) electrons. The van der Waals surface area contributed by atoms with Crippen molar-refractivity contribution < 1.29 is 4.74 Å². The molecule has 0 aliphatic rings. The van der Waals surface area contributed by atoms with E-state index in [2.05, 4.69) is 35.0 Å². The van der Waals surface area contributed by atoms with Crippen molar-refractivity contribution in [2.45, 2.75) is 13.0 Å². The van der Waals surface area contributed by atoms with Crippen LogP contribution in [-0.4, -0.2) is 13.7 Å². The molecule has 0 amide bonds. The molecule has 0 spiro atoms. The quantitative estimate of drug-likeness (QED) is 0.873. The molecular formula is C14H17NOS. The van der Waals surface area contributed by atoms with Gasteiger partial charge in [-0.3, -0.25) is 0 Å². The highest BCUT2D eigenvalue weighted by Crippen LogP contribution is 2.27. The molecule has 0 aliphatic carbocycles. The smallest absolute Gasteiger partial charge is 0.119 e. The molecule has 1 atom stereocenters. The van der Waals surface area contributed by atoms with Crippen LogP contribution >= 0.6 is 11.3 Å². The Morgan fingerprint density at radius 3 is 2.82 bits per heavy atom. The highest BCUT2D eigenvalue weighted by Gasteiger charge is 2.13. The predicted octanol–water partition coefficient (Wildman–Crippen LogP) is 3.46. The van der Waals surface area contributed by atoms with Gasteiger partial charge in [0, 0.05) is 4.88 Å². The van der Waals surface area contributed by atoms with Crippen LogP contribution in [0.15, 0.2) is 41.8 Å². The summed E-state index contributed by atoms with van der Waals surface area (Å²) in [6, 6.07) is 12.7. The summed E-state index contributed by atoms with van der Waals surface area (Å²) in [5.41, 5.74) is 1.24. The van der Waals surface area contributed by atoms with E-state index in [0.717, 1.165) is 5.75 Å². The van der Waals surface area contributed by atoms with Crippen LogP contribution in [0.5, 0.6) is 5.75 Å². The van der Waals surface area contributed by atoms with Gasteiger partial charge in [-0.25, -0.2) is 0 Å². The van der Waals surface area contributed by atoms with E-state index in [4.69, 9.17) is 4.74 Å². The number of ether oxygens (including phenoxy) is 1. The first-order valence-corrected chi connectivity index (χ1v) is 6.66. The standard InChI is InChI=1S/C14H17NOS/c1-3-16-12-7-4-6-11(10-12)14(15-2)13-8-5-9-17-13/h4-10,14-15H,3H2,1-2H3. The second-order valence-electron chi connectivity index (χ2n) is 3.74. The first kappa shape index (κ1) is 12.1. The Morgan fingerprint density at radius 2 is 2.18 bits per heavy atom. The third-order valence-electron chi connectivity index (χ3n) is 2.62. The zero-order valence-electron chi connectivity index (χ0n) is 10.1. The summed E-state index contributed by atoms with van der Waals surface area (Å²) in [7, 11) is 1.98. The number of nitrogens with one attached hydrogen (secondary N) is 1. The third-order valence-corrected chi connectivity index (χ3v) is 3.56. The lowest BCUT2D eigenvalue weighted by molar-refractivity contribution is 0.339. The molecule has 1 heterocycles. The average Bonchev–Trinajstić information content (AvgIpc) is 2.85. The lowest BCUT2D eigenvalue weighted by Crippen LogP contribution is -2.16. The summed E-state index contributed by atoms with van der Waals surface area (Å²) >= 11 is 1.77. The van der Waals surface area contributed by atoms with E-state index in [1.54, 1.807) is 11.3 Å². The number of hydrogen-bond acceptors (Lipinski definition) is 3. The normalized spacial score (nSPS) is 12.4. The minimum absolute atomic E-state index is 0.246. The van der Waals surface area contributed by atoms with Gasteiger partial charge < -0.3 is 10.1 Å². The van der Waals surface area contributed by atoms with Crippen LogP contribution in [0.1, 0.15) is 23.4 Å². The molecule has 0 aliphatic heterocycles. The molecule has 2 aromatic rings. The maximum atomic E-state index is 5.53. The lowest BCUT2D eigenvalue weighted by atomic mass is 10.1. The summed E-state index contributed by atoms with van der Waals surface area (Å²) < 4.78 is 5.53. The Balaban J connectivity index is 2.28. The van der Waals surface area contributed by atoms with Crippen molar-refractivity contribution in [3.05, 3.63) is 52.2 Å². The van der Waals surface area contributed by atoms with Crippen LogP contribution in [0.2, 0.25) is 0 Å². The lowest BCUT2D eigenvalue weighted by Gasteiger charge is -2.16. The molecule has 0 bridgehead atoms. The zero-order valence-corrected chi connectivity index (χ0v) is 11.0. The Labute approximate surface area is 106 Å². The molecule has 2 nitrogen and oxygen atoms in total. The molecule has 17 heavy (non-hydrogen) atoms. The molecule has 3 heteroatoms. The Kier molecular flexibility index (Phi) is 4.18. The molecule has 2 rings (SSSR count). The van der Waals surface area contributed by atoms with Gasteiger partial charge in [-0.05, 0) is 43.1 Å². The van der Waals surface area contributed by atoms with Gasteiger partial charge >= 0.3 is 0 Å². The maximum Gasteiger partial charge on any atom is 0.119 e. The maximum absolute atomic E-state index is 5.53. The highest BCUT2D eigenvalue weighted by atomic mass is 32.1. The molecule has 90 valence electrons. The van der Waals surface area contributed by atoms with Gasteiger partial charge in [0.25, 0.3) is 0 Å². The minimum Gasteiger partial charge on any atom is -0.494 e. The predicted molar refractivity (Wildman–Crippen MR) is 72.8 cm³/mol. The summed E-state index contributed by atoms with van der Waals surface area (Å²) in [5, 5.41) is 5.45. The first-order chi connectivity index (χ1) is 8.35. The van der Waals surface area contributed by atoms with Crippen LogP contribution in [0, 0.1) is 0 Å². The van der Waals surface area contributed by atoms with Crippen molar-refractivity contribution in [1.82, 2.24) is 5.32 Å². The molecule has 1 aromatic carbocycles. The molecule has 0 saturated carbocycles. The van der Waals surface area contributed by atoms with E-state index in [0.29, 0.717) is 6.61 Å². The van der Waals surface area contributed by atoms with Crippen LogP contribution in [-0.2, 0) is 0 Å². The summed E-state index contributed by atoms with van der Waals surface area (Å²) in [5.74, 6) is 0.932. The van der Waals surface area contributed by atoms with Crippen molar-refractivity contribution in [3.63, 3.8) is 0 Å². The molecule has 1 unspecified atom stereocenters. The van der Waals surface area contributed by atoms with E-state index in [1.807, 2.05) is 26.1 Å². The number of rotatable bonds is 5. The molecule has 0 saturated heterocycles. The topological polar surface area (TPSA) is 21.3 Å². The van der Waals surface area contributed by atoms with E-state index in [1.165, 1.54) is 10.4 Å². The van der Waals surface area contributed by atoms with E-state index < -0.39 is 0 Å². The van der Waals surface area contributed by atoms with Crippen molar-refractivity contribution in [2.75, 3.05) is 13.7 Å². The largest absolute Gasteiger partial charge is 0.494 e. The average molecular weight is 247 g/mol. The molecule has 1 aromatic heterocycles. The number of hydrogen-bond donors (Lipinski definition) is 1. The fourth-order valence-corrected chi connectivity index (χ4v) is 2.74. The Morgan fingerprint density at radius 1 is 1.29 bits per heavy atom. The Bertz CT molecular complexity index is 453. The fraction of sp³-hybridized carbons (Fsp3) is 0.286. The zero-order chi connectivity index (χ0) is 12.1. The Hall–Kier alpha value is -1.32. The minimum atomic E-state index is 0.246. The van der Waals surface area contributed by atoms with Gasteiger partial charge in [-0.1, -0.05) is 18.2 Å². The molecule has 1 N–H and O–H groups in total. The second kappa shape index (κ2) is 5.84. The monoisotopic (exact) mass is 247 g/mol. The van der Waals surface area contributed by atoms with Crippen LogP contribution in [0.3, 0.4) is 0 Å². The van der Waals surface area contributed by atoms with Crippen molar-refractivity contribution in [1.29, 1.82) is 0 Å². The third kappa shape index (κ3) is 2.87.